The van der Waals surface area contributed by atoms with Crippen LogP contribution in [0.3, 0.4) is 0 Å². The van der Waals surface area contributed by atoms with Gasteiger partial charge in [0.05, 0.1) is 5.54 Å². The molecule has 0 unspecified atom stereocenters. The Bertz CT molecular complexity index is 848. The quantitative estimate of drug-likeness (QED) is 0.790. The Labute approximate surface area is 146 Å². The summed E-state index contributed by atoms with van der Waals surface area (Å²) in [6.07, 6.45) is 1.19. The molecule has 2 aromatic carbocycles. The monoisotopic (exact) mass is 335 g/mol. The minimum absolute atomic E-state index is 0.0288. The fourth-order valence-electron chi connectivity index (χ4n) is 4.25. The Kier molecular flexibility index (Phi) is 3.71. The number of carbonyl (C=O) groups excluding carboxylic acids is 2. The molecule has 2 amide bonds. The number of para-hydroxylation sites is 2. The van der Waals surface area contributed by atoms with Gasteiger partial charge < -0.3 is 16.0 Å². The summed E-state index contributed by atoms with van der Waals surface area (Å²) in [5.74, 6) is 0.00206. The number of nitrogens with one attached hydrogen (secondary N) is 3. The summed E-state index contributed by atoms with van der Waals surface area (Å²) >= 11 is 0. The minimum atomic E-state index is -0.415. The smallest absolute Gasteiger partial charge is 0.221 e. The lowest BCUT2D eigenvalue weighted by molar-refractivity contribution is -0.121. The van der Waals surface area contributed by atoms with Crippen molar-refractivity contribution in [2.75, 3.05) is 17.2 Å². The van der Waals surface area contributed by atoms with Crippen LogP contribution in [0.4, 0.5) is 11.4 Å². The fourth-order valence-corrected chi connectivity index (χ4v) is 4.25. The third-order valence-corrected chi connectivity index (χ3v) is 5.24. The fraction of sp³-hybridized carbons (Fsp3) is 0.300. The molecule has 0 aromatic heterocycles. The molecule has 1 saturated heterocycles. The number of carbonyl (C=O) groups is 2. The van der Waals surface area contributed by atoms with Gasteiger partial charge in [0.2, 0.25) is 11.8 Å². The number of anilines is 2. The predicted octanol–water partition coefficient (Wildman–Crippen LogP) is 2.96. The molecule has 2 aromatic rings. The van der Waals surface area contributed by atoms with E-state index in [1.807, 2.05) is 36.4 Å². The highest BCUT2D eigenvalue weighted by Gasteiger charge is 2.49. The molecule has 0 bridgehead atoms. The van der Waals surface area contributed by atoms with Gasteiger partial charge in [0, 0.05) is 42.7 Å². The van der Waals surface area contributed by atoms with Gasteiger partial charge in [-0.2, -0.15) is 0 Å². The van der Waals surface area contributed by atoms with E-state index in [2.05, 4.69) is 28.1 Å². The van der Waals surface area contributed by atoms with E-state index < -0.39 is 5.54 Å². The van der Waals surface area contributed by atoms with Gasteiger partial charge in [-0.15, -0.1) is 0 Å². The van der Waals surface area contributed by atoms with Crippen LogP contribution in [-0.2, 0) is 15.1 Å². The molecule has 2 aliphatic heterocycles. The van der Waals surface area contributed by atoms with Gasteiger partial charge in [-0.1, -0.05) is 36.4 Å². The van der Waals surface area contributed by atoms with E-state index in [1.54, 1.807) is 0 Å². The third kappa shape index (κ3) is 2.56. The molecule has 25 heavy (non-hydrogen) atoms. The lowest BCUT2D eigenvalue weighted by Crippen LogP contribution is -2.38. The van der Waals surface area contributed by atoms with Gasteiger partial charge in [-0.25, -0.2) is 0 Å². The van der Waals surface area contributed by atoms with E-state index in [4.69, 9.17) is 0 Å². The summed E-state index contributed by atoms with van der Waals surface area (Å²) < 4.78 is 0. The summed E-state index contributed by atoms with van der Waals surface area (Å²) in [5, 5.41) is 9.64. The average Bonchev–Trinajstić information content (AvgIpc) is 2.79. The zero-order valence-electron chi connectivity index (χ0n) is 14.1. The normalized spacial score (nSPS) is 24.4. The Morgan fingerprint density at radius 1 is 1.16 bits per heavy atom. The minimum Gasteiger partial charge on any atom is -0.375 e. The van der Waals surface area contributed by atoms with Crippen molar-refractivity contribution in [1.29, 1.82) is 0 Å². The Morgan fingerprint density at radius 2 is 1.92 bits per heavy atom. The molecule has 4 rings (SSSR count). The lowest BCUT2D eigenvalue weighted by atomic mass is 9.73. The Hall–Kier alpha value is -2.82. The van der Waals surface area contributed by atoms with Crippen LogP contribution in [0.1, 0.15) is 36.8 Å². The number of hydrogen-bond donors (Lipinski definition) is 3. The topological polar surface area (TPSA) is 70.2 Å². The van der Waals surface area contributed by atoms with E-state index >= 15 is 0 Å². The maximum atomic E-state index is 12.3. The van der Waals surface area contributed by atoms with Crippen molar-refractivity contribution in [3.63, 3.8) is 0 Å². The number of amides is 2. The van der Waals surface area contributed by atoms with Gasteiger partial charge in [0.1, 0.15) is 0 Å². The van der Waals surface area contributed by atoms with Crippen LogP contribution in [0.15, 0.2) is 48.5 Å². The zero-order valence-corrected chi connectivity index (χ0v) is 14.1. The number of hydrogen-bond acceptors (Lipinski definition) is 3. The first-order valence-corrected chi connectivity index (χ1v) is 8.61. The Morgan fingerprint density at radius 3 is 2.76 bits per heavy atom. The second kappa shape index (κ2) is 5.92. The summed E-state index contributed by atoms with van der Waals surface area (Å²) in [6, 6.07) is 16.0. The van der Waals surface area contributed by atoms with Crippen molar-refractivity contribution in [1.82, 2.24) is 5.32 Å². The maximum Gasteiger partial charge on any atom is 0.221 e. The van der Waals surface area contributed by atoms with Gasteiger partial charge in [0.25, 0.3) is 0 Å². The van der Waals surface area contributed by atoms with E-state index in [0.29, 0.717) is 13.0 Å². The molecule has 2 atom stereocenters. The first kappa shape index (κ1) is 15.7. The van der Waals surface area contributed by atoms with Crippen LogP contribution in [0.25, 0.3) is 0 Å². The summed E-state index contributed by atoms with van der Waals surface area (Å²) in [7, 11) is 0. The summed E-state index contributed by atoms with van der Waals surface area (Å²) in [6.45, 7) is 2.12. The van der Waals surface area contributed by atoms with E-state index in [-0.39, 0.29) is 17.7 Å². The molecule has 0 aliphatic carbocycles. The number of benzene rings is 2. The van der Waals surface area contributed by atoms with E-state index in [1.165, 1.54) is 6.92 Å². The molecule has 0 saturated carbocycles. The largest absolute Gasteiger partial charge is 0.375 e. The predicted molar refractivity (Wildman–Crippen MR) is 97.5 cm³/mol. The Balaban J connectivity index is 1.89. The van der Waals surface area contributed by atoms with Gasteiger partial charge in [-0.3, -0.25) is 9.59 Å². The third-order valence-electron chi connectivity index (χ3n) is 5.24. The van der Waals surface area contributed by atoms with Crippen LogP contribution < -0.4 is 16.0 Å². The zero-order chi connectivity index (χ0) is 17.4. The maximum absolute atomic E-state index is 12.3. The second-order valence-electron chi connectivity index (χ2n) is 6.77. The van der Waals surface area contributed by atoms with Gasteiger partial charge >= 0.3 is 0 Å². The molecule has 2 heterocycles. The van der Waals surface area contributed by atoms with Crippen LogP contribution in [0, 0.1) is 0 Å². The lowest BCUT2D eigenvalue weighted by Gasteiger charge is -2.36. The molecule has 5 nitrogen and oxygen atoms in total. The van der Waals surface area contributed by atoms with Crippen molar-refractivity contribution in [3.05, 3.63) is 59.7 Å². The molecule has 1 fully saturated rings. The average molecular weight is 335 g/mol. The molecular weight excluding hydrogens is 314 g/mol. The van der Waals surface area contributed by atoms with Crippen molar-refractivity contribution in [2.45, 2.75) is 31.2 Å². The first-order valence-electron chi connectivity index (χ1n) is 8.61. The molecule has 0 spiro atoms. The standard InChI is InChI=1S/C20H21N3O2/c1-13(24)22-18-9-5-3-7-15(18)20-10-11-21-19(25)12-16(20)14-6-2-4-8-17(14)23-20/h2-9,16,23H,10-12H2,1H3,(H,21,25)(H,22,24)/t16-,20+/m1/s1. The van der Waals surface area contributed by atoms with E-state index in [9.17, 15) is 9.59 Å². The van der Waals surface area contributed by atoms with Crippen molar-refractivity contribution >= 4 is 23.2 Å². The first-order chi connectivity index (χ1) is 12.1. The van der Waals surface area contributed by atoms with Gasteiger partial charge in [0.15, 0.2) is 0 Å². The summed E-state index contributed by atoms with van der Waals surface area (Å²) in [4.78, 5) is 23.9. The highest BCUT2D eigenvalue weighted by atomic mass is 16.2. The van der Waals surface area contributed by atoms with Crippen molar-refractivity contribution in [2.24, 2.45) is 0 Å². The van der Waals surface area contributed by atoms with Gasteiger partial charge in [-0.05, 0) is 24.1 Å². The van der Waals surface area contributed by atoms with Crippen molar-refractivity contribution < 1.29 is 9.59 Å². The molecule has 3 N–H and O–H groups in total. The molecule has 5 heteroatoms. The van der Waals surface area contributed by atoms with Crippen LogP contribution >= 0.6 is 0 Å². The number of fused-ring (bicyclic) bond motifs is 3. The van der Waals surface area contributed by atoms with Crippen LogP contribution in [0.2, 0.25) is 0 Å². The molecule has 0 radical (unpaired) electrons. The number of rotatable bonds is 2. The van der Waals surface area contributed by atoms with Crippen LogP contribution in [-0.4, -0.2) is 18.4 Å². The molecule has 128 valence electrons. The molecular formula is C20H21N3O2. The van der Waals surface area contributed by atoms with Crippen LogP contribution in [0.5, 0.6) is 0 Å². The second-order valence-corrected chi connectivity index (χ2v) is 6.77. The summed E-state index contributed by atoms with van der Waals surface area (Å²) in [5.41, 5.74) is 3.65. The van der Waals surface area contributed by atoms with E-state index in [0.717, 1.165) is 28.9 Å². The highest BCUT2D eigenvalue weighted by Crippen LogP contribution is 2.54. The van der Waals surface area contributed by atoms with Crippen molar-refractivity contribution in [3.8, 4) is 0 Å². The molecule has 2 aliphatic rings. The SMILES string of the molecule is CC(=O)Nc1ccccc1[C@@]12CCNC(=O)C[C@@H]1c1ccccc1N2. The highest BCUT2D eigenvalue weighted by molar-refractivity contribution is 5.90.